The first-order chi connectivity index (χ1) is 18.1. The van der Waals surface area contributed by atoms with E-state index in [4.69, 9.17) is 20.9 Å². The first-order valence-electron chi connectivity index (χ1n) is 11.6. The Bertz CT molecular complexity index is 1350. The van der Waals surface area contributed by atoms with Crippen LogP contribution in [-0.2, 0) is 17.8 Å². The third-order valence-electron chi connectivity index (χ3n) is 6.14. The number of nitrogen functional groups attached to an aromatic ring is 2. The molecule has 10 heteroatoms. The zero-order chi connectivity index (χ0) is 28.6. The molecule has 0 aliphatic heterocycles. The number of nitrogens with two attached hydrogens (primary N) is 2. The second-order valence-corrected chi connectivity index (χ2v) is 9.45. The minimum Gasteiger partial charge on any atom is -0.457 e. The van der Waals surface area contributed by atoms with Crippen molar-refractivity contribution in [1.29, 1.82) is 0 Å². The Morgan fingerprint density at radius 2 is 0.795 bits per heavy atom. The maximum Gasteiger partial charge on any atom is 0.416 e. The van der Waals surface area contributed by atoms with Gasteiger partial charge in [0.25, 0.3) is 0 Å². The fourth-order valence-electron chi connectivity index (χ4n) is 4.01. The number of anilines is 2. The maximum absolute atomic E-state index is 13.1. The topological polar surface area (TPSA) is 70.5 Å². The predicted molar refractivity (Wildman–Crippen MR) is 137 cm³/mol. The molecule has 0 aliphatic carbocycles. The number of alkyl halides is 6. The fourth-order valence-corrected chi connectivity index (χ4v) is 4.01. The second-order valence-electron chi connectivity index (χ2n) is 9.45. The molecular formula is C29H24F6N2O2. The van der Waals surface area contributed by atoms with E-state index in [-0.39, 0.29) is 22.9 Å². The zero-order valence-corrected chi connectivity index (χ0v) is 20.8. The summed E-state index contributed by atoms with van der Waals surface area (Å²) in [5, 5.41) is 0. The van der Waals surface area contributed by atoms with Crippen LogP contribution in [0, 0.1) is 0 Å². The van der Waals surface area contributed by atoms with Crippen molar-refractivity contribution in [2.24, 2.45) is 0 Å². The number of hydrogen-bond acceptors (Lipinski definition) is 4. The molecule has 4 nitrogen and oxygen atoms in total. The van der Waals surface area contributed by atoms with Crippen LogP contribution in [0.1, 0.15) is 36.1 Å². The molecule has 0 spiro atoms. The van der Waals surface area contributed by atoms with Crippen molar-refractivity contribution in [2.75, 3.05) is 11.5 Å². The smallest absolute Gasteiger partial charge is 0.416 e. The zero-order valence-electron chi connectivity index (χ0n) is 20.8. The summed E-state index contributed by atoms with van der Waals surface area (Å²) in [7, 11) is 0. The van der Waals surface area contributed by atoms with E-state index in [9.17, 15) is 26.3 Å². The highest BCUT2D eigenvalue weighted by Crippen LogP contribution is 2.38. The molecule has 204 valence electrons. The molecule has 0 radical (unpaired) electrons. The minimum absolute atomic E-state index is 0.0348. The van der Waals surface area contributed by atoms with Crippen molar-refractivity contribution < 1.29 is 35.8 Å². The molecule has 4 N–H and O–H groups in total. The normalized spacial score (nSPS) is 12.3. The highest BCUT2D eigenvalue weighted by Gasteiger charge is 2.32. The lowest BCUT2D eigenvalue weighted by Gasteiger charge is -2.26. The quantitative estimate of drug-likeness (QED) is 0.187. The molecule has 0 saturated heterocycles. The van der Waals surface area contributed by atoms with Crippen molar-refractivity contribution >= 4 is 11.4 Å². The summed E-state index contributed by atoms with van der Waals surface area (Å²) in [6.07, 6.45) is -9.11. The Labute approximate surface area is 220 Å². The van der Waals surface area contributed by atoms with E-state index in [1.165, 1.54) is 12.1 Å². The van der Waals surface area contributed by atoms with Crippen LogP contribution in [0.15, 0.2) is 84.9 Å². The largest absolute Gasteiger partial charge is 0.457 e. The van der Waals surface area contributed by atoms with Crippen LogP contribution in [0.4, 0.5) is 37.7 Å². The molecule has 0 saturated carbocycles. The molecule has 0 heterocycles. The third-order valence-corrected chi connectivity index (χ3v) is 6.14. The van der Waals surface area contributed by atoms with Gasteiger partial charge in [-0.3, -0.25) is 0 Å². The standard InChI is InChI=1S/C29H24F6N2O2/c1-27(2,17-3-7-23(8-4-17)38-25-13-19(28(30,31)32)11-21(36)15-25)18-5-9-24(10-6-18)39-26-14-20(29(33,34)35)12-22(37)16-26/h3-16H,36-37H2,1-2H3. The first kappa shape index (κ1) is 27.7. The number of ether oxygens (including phenoxy) is 2. The van der Waals surface area contributed by atoms with Crippen LogP contribution in [0.3, 0.4) is 0 Å². The van der Waals surface area contributed by atoms with Gasteiger partial charge in [-0.15, -0.1) is 0 Å². The van der Waals surface area contributed by atoms with Gasteiger partial charge < -0.3 is 20.9 Å². The van der Waals surface area contributed by atoms with Crippen molar-refractivity contribution in [1.82, 2.24) is 0 Å². The SMILES string of the molecule is CC(C)(c1ccc(Oc2cc(N)cc(C(F)(F)F)c2)cc1)c1ccc(Oc2cc(N)cc(C(F)(F)F)c2)cc1. The molecule has 4 rings (SSSR count). The Hall–Kier alpha value is -4.34. The van der Waals surface area contributed by atoms with Crippen molar-refractivity contribution in [3.63, 3.8) is 0 Å². The second kappa shape index (κ2) is 10.1. The van der Waals surface area contributed by atoms with Gasteiger partial charge in [0.2, 0.25) is 0 Å². The third kappa shape index (κ3) is 6.57. The van der Waals surface area contributed by atoms with Gasteiger partial charge in [-0.25, -0.2) is 0 Å². The average molecular weight is 547 g/mol. The number of hydrogen-bond donors (Lipinski definition) is 2. The van der Waals surface area contributed by atoms with Gasteiger partial charge in [0, 0.05) is 28.9 Å². The fraction of sp³-hybridized carbons (Fsp3) is 0.172. The Morgan fingerprint density at radius 1 is 0.462 bits per heavy atom. The lowest BCUT2D eigenvalue weighted by molar-refractivity contribution is -0.138. The molecule has 4 aromatic carbocycles. The van der Waals surface area contributed by atoms with Crippen LogP contribution in [-0.4, -0.2) is 0 Å². The first-order valence-corrected chi connectivity index (χ1v) is 11.6. The van der Waals surface area contributed by atoms with Gasteiger partial charge in [0.05, 0.1) is 11.1 Å². The average Bonchev–Trinajstić information content (AvgIpc) is 2.83. The number of halogens is 6. The number of benzene rings is 4. The molecule has 0 atom stereocenters. The van der Waals surface area contributed by atoms with Gasteiger partial charge in [0.15, 0.2) is 0 Å². The van der Waals surface area contributed by atoms with Crippen LogP contribution < -0.4 is 20.9 Å². The molecular weight excluding hydrogens is 522 g/mol. The minimum atomic E-state index is -4.55. The van der Waals surface area contributed by atoms with Gasteiger partial charge >= 0.3 is 12.4 Å². The summed E-state index contributed by atoms with van der Waals surface area (Å²) in [6.45, 7) is 3.94. The van der Waals surface area contributed by atoms with Gasteiger partial charge in [0.1, 0.15) is 23.0 Å². The van der Waals surface area contributed by atoms with Gasteiger partial charge in [-0.1, -0.05) is 38.1 Å². The van der Waals surface area contributed by atoms with Crippen molar-refractivity contribution in [3.05, 3.63) is 107 Å². The summed E-state index contributed by atoms with van der Waals surface area (Å²) in [5.41, 5.74) is 10.5. The summed E-state index contributed by atoms with van der Waals surface area (Å²) in [5.74, 6) is 0.592. The summed E-state index contributed by atoms with van der Waals surface area (Å²) in [6, 6.07) is 19.8. The van der Waals surface area contributed by atoms with E-state index in [0.29, 0.717) is 11.5 Å². The summed E-state index contributed by atoms with van der Waals surface area (Å²) in [4.78, 5) is 0. The van der Waals surface area contributed by atoms with Crippen molar-refractivity contribution in [3.8, 4) is 23.0 Å². The molecule has 0 aliphatic rings. The Balaban J connectivity index is 1.49. The maximum atomic E-state index is 13.1. The van der Waals surface area contributed by atoms with E-state index in [0.717, 1.165) is 35.4 Å². The van der Waals surface area contributed by atoms with Crippen LogP contribution >= 0.6 is 0 Å². The van der Waals surface area contributed by atoms with E-state index in [1.807, 2.05) is 13.8 Å². The summed E-state index contributed by atoms with van der Waals surface area (Å²) < 4.78 is 89.7. The molecule has 0 aromatic heterocycles. The van der Waals surface area contributed by atoms with E-state index in [2.05, 4.69) is 0 Å². The molecule has 0 amide bonds. The number of rotatable bonds is 6. The highest BCUT2D eigenvalue weighted by molar-refractivity contribution is 5.51. The van der Waals surface area contributed by atoms with E-state index >= 15 is 0 Å². The molecule has 39 heavy (non-hydrogen) atoms. The highest BCUT2D eigenvalue weighted by atomic mass is 19.4. The molecule has 4 aromatic rings. The molecule has 0 unspecified atom stereocenters. The van der Waals surface area contributed by atoms with Crippen LogP contribution in [0.2, 0.25) is 0 Å². The van der Waals surface area contributed by atoms with E-state index in [1.54, 1.807) is 48.5 Å². The lowest BCUT2D eigenvalue weighted by Crippen LogP contribution is -2.18. The van der Waals surface area contributed by atoms with Crippen LogP contribution in [0.25, 0.3) is 0 Å². The Kier molecular flexibility index (Phi) is 7.16. The molecule has 0 fully saturated rings. The van der Waals surface area contributed by atoms with Gasteiger partial charge in [-0.2, -0.15) is 26.3 Å². The van der Waals surface area contributed by atoms with Crippen molar-refractivity contribution in [2.45, 2.75) is 31.6 Å². The monoisotopic (exact) mass is 546 g/mol. The van der Waals surface area contributed by atoms with E-state index < -0.39 is 28.9 Å². The predicted octanol–water partition coefficient (Wildman–Crippen LogP) is 8.80. The summed E-state index contributed by atoms with van der Waals surface area (Å²) >= 11 is 0. The van der Waals surface area contributed by atoms with Gasteiger partial charge in [-0.05, 0) is 59.7 Å². The molecule has 0 bridgehead atoms. The van der Waals surface area contributed by atoms with Crippen LogP contribution in [0.5, 0.6) is 23.0 Å². The Morgan fingerprint density at radius 3 is 1.10 bits per heavy atom. The lowest BCUT2D eigenvalue weighted by atomic mass is 9.78.